The third kappa shape index (κ3) is 4.32. The summed E-state index contributed by atoms with van der Waals surface area (Å²) in [5.41, 5.74) is -0.0534. The highest BCUT2D eigenvalue weighted by molar-refractivity contribution is 7.91. The van der Waals surface area contributed by atoms with Crippen LogP contribution in [-0.2, 0) is 19.4 Å². The van der Waals surface area contributed by atoms with E-state index in [4.69, 9.17) is 4.74 Å². The number of likely N-dealkylation sites (N-methyl/N-ethyl adjacent to an activating group) is 1. The van der Waals surface area contributed by atoms with Crippen LogP contribution < -0.4 is 0 Å². The van der Waals surface area contributed by atoms with Crippen LogP contribution in [0.5, 0.6) is 0 Å². The molecule has 0 saturated carbocycles. The van der Waals surface area contributed by atoms with E-state index in [0.717, 1.165) is 0 Å². The second-order valence-electron chi connectivity index (χ2n) is 5.84. The van der Waals surface area contributed by atoms with Crippen LogP contribution in [0, 0.1) is 17.0 Å². The van der Waals surface area contributed by atoms with Crippen molar-refractivity contribution in [1.29, 1.82) is 0 Å². The van der Waals surface area contributed by atoms with E-state index in [2.05, 4.69) is 0 Å². The van der Waals surface area contributed by atoms with Gasteiger partial charge in [-0.05, 0) is 19.4 Å². The van der Waals surface area contributed by atoms with Crippen LogP contribution in [-0.4, -0.2) is 61.3 Å². The molecule has 0 bridgehead atoms. The molecular weight excluding hydrogens is 352 g/mol. The lowest BCUT2D eigenvalue weighted by atomic mass is 10.1. The zero-order valence-corrected chi connectivity index (χ0v) is 14.6. The minimum absolute atomic E-state index is 0.00750. The van der Waals surface area contributed by atoms with Crippen molar-refractivity contribution in [2.45, 2.75) is 19.4 Å². The lowest BCUT2D eigenvalue weighted by molar-refractivity contribution is -0.385. The number of hydrogen-bond donors (Lipinski definition) is 0. The van der Waals surface area contributed by atoms with Gasteiger partial charge in [-0.25, -0.2) is 13.2 Å². The number of benzene rings is 1. The molecule has 0 aliphatic carbocycles. The number of nitrogens with zero attached hydrogens (tertiary/aromatic N) is 2. The van der Waals surface area contributed by atoms with Crippen molar-refractivity contribution in [3.8, 4) is 0 Å². The van der Waals surface area contributed by atoms with E-state index < -0.39 is 39.3 Å². The predicted octanol–water partition coefficient (Wildman–Crippen LogP) is 0.706. The monoisotopic (exact) mass is 370 g/mol. The highest BCUT2D eigenvalue weighted by Crippen LogP contribution is 2.22. The van der Waals surface area contributed by atoms with Crippen LogP contribution in [0.25, 0.3) is 0 Å². The molecule has 0 unspecified atom stereocenters. The Bertz CT molecular complexity index is 819. The predicted molar refractivity (Wildman–Crippen MR) is 87.9 cm³/mol. The summed E-state index contributed by atoms with van der Waals surface area (Å²) in [7, 11) is -1.67. The molecule has 0 aromatic heterocycles. The van der Waals surface area contributed by atoms with Gasteiger partial charge in [-0.1, -0.05) is 6.07 Å². The Labute approximate surface area is 144 Å². The van der Waals surface area contributed by atoms with Crippen LogP contribution in [0.1, 0.15) is 22.3 Å². The number of nitro groups is 1. The number of rotatable bonds is 5. The first-order valence-corrected chi connectivity index (χ1v) is 9.31. The molecule has 10 heteroatoms. The van der Waals surface area contributed by atoms with Crippen LogP contribution in [0.3, 0.4) is 0 Å². The van der Waals surface area contributed by atoms with Crippen molar-refractivity contribution >= 4 is 27.4 Å². The molecule has 9 nitrogen and oxygen atoms in total. The van der Waals surface area contributed by atoms with Gasteiger partial charge in [0.15, 0.2) is 16.4 Å². The molecule has 1 aromatic rings. The van der Waals surface area contributed by atoms with Gasteiger partial charge in [0.2, 0.25) is 0 Å². The molecule has 0 N–H and O–H groups in total. The number of carbonyl (C=O) groups excluding carboxylic acids is 2. The lowest BCUT2D eigenvalue weighted by Crippen LogP contribution is -2.40. The van der Waals surface area contributed by atoms with Crippen molar-refractivity contribution in [2.75, 3.05) is 25.2 Å². The second-order valence-corrected chi connectivity index (χ2v) is 8.07. The van der Waals surface area contributed by atoms with E-state index >= 15 is 0 Å². The molecule has 136 valence electrons. The number of sulfone groups is 1. The maximum atomic E-state index is 12.1. The Kier molecular flexibility index (Phi) is 5.41. The highest BCUT2D eigenvalue weighted by atomic mass is 32.2. The third-order valence-electron chi connectivity index (χ3n) is 4.20. The summed E-state index contributed by atoms with van der Waals surface area (Å²) in [5, 5.41) is 10.9. The molecular formula is C15H18N2O7S. The Morgan fingerprint density at radius 3 is 2.64 bits per heavy atom. The Morgan fingerprint density at radius 1 is 1.40 bits per heavy atom. The minimum atomic E-state index is -3.13. The molecule has 1 aliphatic heterocycles. The number of ether oxygens (including phenoxy) is 1. The zero-order valence-electron chi connectivity index (χ0n) is 13.8. The minimum Gasteiger partial charge on any atom is -0.452 e. The molecule has 1 amide bonds. The lowest BCUT2D eigenvalue weighted by Gasteiger charge is -2.23. The van der Waals surface area contributed by atoms with Gasteiger partial charge in [-0.2, -0.15) is 0 Å². The fourth-order valence-electron chi connectivity index (χ4n) is 2.63. The molecule has 1 aliphatic rings. The summed E-state index contributed by atoms with van der Waals surface area (Å²) in [4.78, 5) is 35.7. The molecule has 25 heavy (non-hydrogen) atoms. The fraction of sp³-hybridized carbons (Fsp3) is 0.467. The van der Waals surface area contributed by atoms with Crippen LogP contribution in [0.2, 0.25) is 0 Å². The smallest absolute Gasteiger partial charge is 0.339 e. The van der Waals surface area contributed by atoms with Gasteiger partial charge in [-0.3, -0.25) is 14.9 Å². The van der Waals surface area contributed by atoms with E-state index in [-0.39, 0.29) is 28.3 Å². The first kappa shape index (κ1) is 18.8. The van der Waals surface area contributed by atoms with Crippen molar-refractivity contribution < 1.29 is 27.7 Å². The molecule has 1 saturated heterocycles. The normalized spacial score (nSPS) is 18.6. The molecule has 2 rings (SSSR count). The maximum absolute atomic E-state index is 12.1. The average Bonchev–Trinajstić information content (AvgIpc) is 2.91. The largest absolute Gasteiger partial charge is 0.452 e. The van der Waals surface area contributed by atoms with E-state index in [0.29, 0.717) is 6.42 Å². The van der Waals surface area contributed by atoms with Crippen molar-refractivity contribution in [3.05, 3.63) is 39.4 Å². The number of hydrogen-bond acceptors (Lipinski definition) is 7. The van der Waals surface area contributed by atoms with Crippen molar-refractivity contribution in [3.63, 3.8) is 0 Å². The van der Waals surface area contributed by atoms with Gasteiger partial charge < -0.3 is 9.64 Å². The van der Waals surface area contributed by atoms with Gasteiger partial charge in [-0.15, -0.1) is 0 Å². The molecule has 1 fully saturated rings. The molecule has 1 heterocycles. The summed E-state index contributed by atoms with van der Waals surface area (Å²) >= 11 is 0. The molecule has 1 atom stereocenters. The first-order valence-electron chi connectivity index (χ1n) is 7.49. The average molecular weight is 370 g/mol. The van der Waals surface area contributed by atoms with Crippen molar-refractivity contribution in [1.82, 2.24) is 4.90 Å². The molecule has 0 radical (unpaired) electrons. The highest BCUT2D eigenvalue weighted by Gasteiger charge is 2.33. The summed E-state index contributed by atoms with van der Waals surface area (Å²) in [6.07, 6.45) is 0.350. The first-order chi connectivity index (χ1) is 11.6. The van der Waals surface area contributed by atoms with E-state index in [1.54, 1.807) is 0 Å². The topological polar surface area (TPSA) is 124 Å². The quantitative estimate of drug-likeness (QED) is 0.424. The Hall–Kier alpha value is -2.49. The Morgan fingerprint density at radius 2 is 2.08 bits per heavy atom. The summed E-state index contributed by atoms with van der Waals surface area (Å²) in [6.45, 7) is 0.861. The number of amides is 1. The van der Waals surface area contributed by atoms with Gasteiger partial charge in [0, 0.05) is 24.7 Å². The van der Waals surface area contributed by atoms with E-state index in [1.807, 2.05) is 0 Å². The van der Waals surface area contributed by atoms with Crippen molar-refractivity contribution in [2.24, 2.45) is 0 Å². The number of carbonyl (C=O) groups is 2. The van der Waals surface area contributed by atoms with Gasteiger partial charge in [0.1, 0.15) is 0 Å². The standard InChI is InChI=1S/C15H18N2O7S/c1-10-12(4-3-5-13(10)17(20)21)15(19)24-8-14(18)16(2)11-6-7-25(22,23)9-11/h3-5,11H,6-9H2,1-2H3/t11-/m1/s1. The Balaban J connectivity index is 1.99. The van der Waals surface area contributed by atoms with Gasteiger partial charge in [0.25, 0.3) is 11.6 Å². The maximum Gasteiger partial charge on any atom is 0.339 e. The fourth-order valence-corrected chi connectivity index (χ4v) is 4.41. The van der Waals surface area contributed by atoms with Crippen LogP contribution in [0.15, 0.2) is 18.2 Å². The molecule has 1 aromatic carbocycles. The van der Waals surface area contributed by atoms with Crippen LogP contribution >= 0.6 is 0 Å². The SMILES string of the molecule is Cc1c(C(=O)OCC(=O)N(C)[C@@H]2CCS(=O)(=O)C2)cccc1[N+](=O)[O-]. The molecule has 0 spiro atoms. The summed E-state index contributed by atoms with van der Waals surface area (Å²) in [5.74, 6) is -1.45. The number of nitro benzene ring substituents is 1. The number of esters is 1. The van der Waals surface area contributed by atoms with Gasteiger partial charge >= 0.3 is 5.97 Å². The third-order valence-corrected chi connectivity index (χ3v) is 5.95. The second kappa shape index (κ2) is 7.18. The van der Waals surface area contributed by atoms with Gasteiger partial charge in [0.05, 0.1) is 22.0 Å². The van der Waals surface area contributed by atoms with E-state index in [1.165, 1.54) is 37.1 Å². The summed E-state index contributed by atoms with van der Waals surface area (Å²) < 4.78 is 27.9. The van der Waals surface area contributed by atoms with Crippen LogP contribution in [0.4, 0.5) is 5.69 Å². The summed E-state index contributed by atoms with van der Waals surface area (Å²) in [6, 6.07) is 3.57. The van der Waals surface area contributed by atoms with E-state index in [9.17, 15) is 28.1 Å². The zero-order chi connectivity index (χ0) is 18.8.